The summed E-state index contributed by atoms with van der Waals surface area (Å²) in [5.74, 6) is 0.166. The molecule has 98 valence electrons. The third-order valence-electron chi connectivity index (χ3n) is 3.96. The number of aromatic nitrogens is 1. The molecule has 1 saturated heterocycles. The SMILES string of the molecule is CCC1(C(=O)N[C@H](C)c2ccncc2)CCNC1. The molecular formula is C14H21N3O. The first-order chi connectivity index (χ1) is 8.68. The summed E-state index contributed by atoms with van der Waals surface area (Å²) in [6.45, 7) is 5.83. The summed E-state index contributed by atoms with van der Waals surface area (Å²) in [6, 6.07) is 3.91. The van der Waals surface area contributed by atoms with E-state index in [4.69, 9.17) is 0 Å². The van der Waals surface area contributed by atoms with Gasteiger partial charge in [0.25, 0.3) is 0 Å². The fourth-order valence-electron chi connectivity index (χ4n) is 2.49. The molecule has 1 fully saturated rings. The molecule has 1 amide bonds. The van der Waals surface area contributed by atoms with Gasteiger partial charge in [-0.3, -0.25) is 9.78 Å². The highest BCUT2D eigenvalue weighted by Gasteiger charge is 2.39. The van der Waals surface area contributed by atoms with E-state index in [9.17, 15) is 4.79 Å². The summed E-state index contributed by atoms with van der Waals surface area (Å²) < 4.78 is 0. The molecule has 1 aromatic heterocycles. The normalized spacial score (nSPS) is 24.8. The molecule has 0 aliphatic carbocycles. The third-order valence-corrected chi connectivity index (χ3v) is 3.96. The van der Waals surface area contributed by atoms with Crippen molar-refractivity contribution in [3.8, 4) is 0 Å². The van der Waals surface area contributed by atoms with Crippen LogP contribution in [-0.2, 0) is 4.79 Å². The van der Waals surface area contributed by atoms with E-state index in [1.165, 1.54) is 0 Å². The van der Waals surface area contributed by atoms with E-state index in [2.05, 4.69) is 22.5 Å². The molecule has 2 N–H and O–H groups in total. The van der Waals surface area contributed by atoms with E-state index in [0.29, 0.717) is 0 Å². The topological polar surface area (TPSA) is 54.0 Å². The van der Waals surface area contributed by atoms with Gasteiger partial charge in [0.2, 0.25) is 5.91 Å². The molecule has 0 bridgehead atoms. The lowest BCUT2D eigenvalue weighted by Gasteiger charge is -2.27. The lowest BCUT2D eigenvalue weighted by molar-refractivity contribution is -0.131. The minimum absolute atomic E-state index is 0.0320. The summed E-state index contributed by atoms with van der Waals surface area (Å²) in [7, 11) is 0. The van der Waals surface area contributed by atoms with Crippen molar-refractivity contribution in [2.45, 2.75) is 32.7 Å². The Morgan fingerprint density at radius 1 is 1.56 bits per heavy atom. The molecule has 4 nitrogen and oxygen atoms in total. The van der Waals surface area contributed by atoms with E-state index in [1.54, 1.807) is 12.4 Å². The van der Waals surface area contributed by atoms with Crippen LogP contribution in [0, 0.1) is 5.41 Å². The maximum atomic E-state index is 12.4. The molecule has 18 heavy (non-hydrogen) atoms. The summed E-state index contributed by atoms with van der Waals surface area (Å²) >= 11 is 0. The van der Waals surface area contributed by atoms with Crippen LogP contribution in [0.4, 0.5) is 0 Å². The lowest BCUT2D eigenvalue weighted by Crippen LogP contribution is -2.43. The van der Waals surface area contributed by atoms with Crippen LogP contribution in [0.1, 0.15) is 38.3 Å². The van der Waals surface area contributed by atoms with Crippen molar-refractivity contribution in [1.29, 1.82) is 0 Å². The second-order valence-corrected chi connectivity index (χ2v) is 5.04. The monoisotopic (exact) mass is 247 g/mol. The Morgan fingerprint density at radius 2 is 2.28 bits per heavy atom. The van der Waals surface area contributed by atoms with Gasteiger partial charge in [0, 0.05) is 18.9 Å². The number of hydrogen-bond acceptors (Lipinski definition) is 3. The maximum absolute atomic E-state index is 12.4. The van der Waals surface area contributed by atoms with Crippen molar-refractivity contribution in [2.24, 2.45) is 5.41 Å². The fourth-order valence-corrected chi connectivity index (χ4v) is 2.49. The van der Waals surface area contributed by atoms with E-state index in [0.717, 1.165) is 31.5 Å². The second-order valence-electron chi connectivity index (χ2n) is 5.04. The van der Waals surface area contributed by atoms with Crippen molar-refractivity contribution in [3.63, 3.8) is 0 Å². The molecule has 1 aliphatic rings. The number of rotatable bonds is 4. The molecule has 0 spiro atoms. The zero-order valence-electron chi connectivity index (χ0n) is 11.1. The maximum Gasteiger partial charge on any atom is 0.228 e. The highest BCUT2D eigenvalue weighted by Crippen LogP contribution is 2.30. The highest BCUT2D eigenvalue weighted by molar-refractivity contribution is 5.83. The fraction of sp³-hybridized carbons (Fsp3) is 0.571. The number of carbonyl (C=O) groups is 1. The van der Waals surface area contributed by atoms with Crippen molar-refractivity contribution in [1.82, 2.24) is 15.6 Å². The number of carbonyl (C=O) groups excluding carboxylic acids is 1. The number of pyridine rings is 1. The molecule has 2 heterocycles. The van der Waals surface area contributed by atoms with Gasteiger partial charge in [-0.25, -0.2) is 0 Å². The van der Waals surface area contributed by atoms with Crippen LogP contribution in [0.25, 0.3) is 0 Å². The summed E-state index contributed by atoms with van der Waals surface area (Å²) in [5.41, 5.74) is 0.872. The number of amides is 1. The molecule has 0 saturated carbocycles. The molecular weight excluding hydrogens is 226 g/mol. The zero-order chi connectivity index (χ0) is 13.0. The molecule has 1 unspecified atom stereocenters. The molecule has 1 aromatic rings. The van der Waals surface area contributed by atoms with Gasteiger partial charge in [0.1, 0.15) is 0 Å². The summed E-state index contributed by atoms with van der Waals surface area (Å²) in [5, 5.41) is 6.41. The van der Waals surface area contributed by atoms with Crippen LogP contribution in [0.15, 0.2) is 24.5 Å². The van der Waals surface area contributed by atoms with Gasteiger partial charge in [0.15, 0.2) is 0 Å². The predicted octanol–water partition coefficient (Wildman–Crippen LogP) is 1.65. The first kappa shape index (κ1) is 13.0. The Labute approximate surface area is 108 Å². The van der Waals surface area contributed by atoms with Crippen LogP contribution >= 0.6 is 0 Å². The molecule has 0 radical (unpaired) electrons. The molecule has 4 heteroatoms. The molecule has 2 atom stereocenters. The van der Waals surface area contributed by atoms with Gasteiger partial charge in [0.05, 0.1) is 11.5 Å². The molecule has 2 rings (SSSR count). The van der Waals surface area contributed by atoms with E-state index < -0.39 is 0 Å². The third kappa shape index (κ3) is 2.53. The zero-order valence-corrected chi connectivity index (χ0v) is 11.1. The summed E-state index contributed by atoms with van der Waals surface area (Å²) in [4.78, 5) is 16.4. The van der Waals surface area contributed by atoms with Crippen LogP contribution in [0.3, 0.4) is 0 Å². The number of nitrogens with zero attached hydrogens (tertiary/aromatic N) is 1. The smallest absolute Gasteiger partial charge is 0.228 e. The van der Waals surface area contributed by atoms with Crippen LogP contribution in [-0.4, -0.2) is 24.0 Å². The van der Waals surface area contributed by atoms with E-state index in [-0.39, 0.29) is 17.4 Å². The Bertz CT molecular complexity index is 399. The molecule has 0 aromatic carbocycles. The summed E-state index contributed by atoms with van der Waals surface area (Å²) in [6.07, 6.45) is 5.32. The Hall–Kier alpha value is -1.42. The highest BCUT2D eigenvalue weighted by atomic mass is 16.2. The van der Waals surface area contributed by atoms with Gasteiger partial charge in [-0.2, -0.15) is 0 Å². The number of hydrogen-bond donors (Lipinski definition) is 2. The van der Waals surface area contributed by atoms with Crippen LogP contribution in [0.5, 0.6) is 0 Å². The Kier molecular flexibility index (Phi) is 3.97. The van der Waals surface area contributed by atoms with E-state index in [1.807, 2.05) is 19.1 Å². The second kappa shape index (κ2) is 5.48. The van der Waals surface area contributed by atoms with Gasteiger partial charge >= 0.3 is 0 Å². The lowest BCUT2D eigenvalue weighted by atomic mass is 9.83. The Balaban J connectivity index is 2.03. The standard InChI is InChI=1S/C14H21N3O/c1-3-14(6-9-16-10-14)13(18)17-11(2)12-4-7-15-8-5-12/h4-5,7-8,11,16H,3,6,9-10H2,1-2H3,(H,17,18)/t11-,14?/m1/s1. The average Bonchev–Trinajstić information content (AvgIpc) is 2.89. The Morgan fingerprint density at radius 3 is 2.83 bits per heavy atom. The van der Waals surface area contributed by atoms with Crippen LogP contribution < -0.4 is 10.6 Å². The largest absolute Gasteiger partial charge is 0.349 e. The van der Waals surface area contributed by atoms with Crippen molar-refractivity contribution >= 4 is 5.91 Å². The molecule has 1 aliphatic heterocycles. The van der Waals surface area contributed by atoms with Gasteiger partial charge in [-0.15, -0.1) is 0 Å². The van der Waals surface area contributed by atoms with Gasteiger partial charge < -0.3 is 10.6 Å². The predicted molar refractivity (Wildman–Crippen MR) is 71.0 cm³/mol. The minimum atomic E-state index is -0.221. The first-order valence-electron chi connectivity index (χ1n) is 6.59. The van der Waals surface area contributed by atoms with Crippen molar-refractivity contribution in [2.75, 3.05) is 13.1 Å². The van der Waals surface area contributed by atoms with Gasteiger partial charge in [-0.05, 0) is 44.0 Å². The number of nitrogens with one attached hydrogen (secondary N) is 2. The minimum Gasteiger partial charge on any atom is -0.349 e. The van der Waals surface area contributed by atoms with Crippen molar-refractivity contribution < 1.29 is 4.79 Å². The average molecular weight is 247 g/mol. The van der Waals surface area contributed by atoms with Gasteiger partial charge in [-0.1, -0.05) is 6.92 Å². The van der Waals surface area contributed by atoms with E-state index >= 15 is 0 Å². The van der Waals surface area contributed by atoms with Crippen molar-refractivity contribution in [3.05, 3.63) is 30.1 Å². The quantitative estimate of drug-likeness (QED) is 0.850. The first-order valence-corrected chi connectivity index (χ1v) is 6.59. The van der Waals surface area contributed by atoms with Crippen LogP contribution in [0.2, 0.25) is 0 Å².